The number of hydrogen-bond donors (Lipinski definition) is 1. The topological polar surface area (TPSA) is 102 Å². The SMILES string of the molecule is O=[N+]([O-])c1ccc(Sc2ccc[nH]2)c([N+](=O)[O-])c1. The summed E-state index contributed by atoms with van der Waals surface area (Å²) >= 11 is 1.15. The number of aromatic amines is 1. The van der Waals surface area contributed by atoms with Crippen molar-refractivity contribution in [2.75, 3.05) is 0 Å². The van der Waals surface area contributed by atoms with Crippen LogP contribution < -0.4 is 0 Å². The molecule has 8 heteroatoms. The van der Waals surface area contributed by atoms with E-state index in [9.17, 15) is 20.2 Å². The van der Waals surface area contributed by atoms with Gasteiger partial charge in [0.25, 0.3) is 11.4 Å². The van der Waals surface area contributed by atoms with Gasteiger partial charge in [0.05, 0.1) is 25.8 Å². The molecule has 0 aliphatic carbocycles. The first-order valence-corrected chi connectivity index (χ1v) is 5.63. The second-order valence-corrected chi connectivity index (χ2v) is 4.39. The van der Waals surface area contributed by atoms with Crippen molar-refractivity contribution in [3.05, 3.63) is 56.8 Å². The molecule has 0 atom stereocenters. The quantitative estimate of drug-likeness (QED) is 0.676. The highest BCUT2D eigenvalue weighted by Crippen LogP contribution is 2.35. The summed E-state index contributed by atoms with van der Waals surface area (Å²) in [5, 5.41) is 22.2. The lowest BCUT2D eigenvalue weighted by Crippen LogP contribution is -1.94. The fourth-order valence-electron chi connectivity index (χ4n) is 1.34. The van der Waals surface area contributed by atoms with Crippen LogP contribution in [0.3, 0.4) is 0 Å². The molecule has 0 aliphatic heterocycles. The lowest BCUT2D eigenvalue weighted by molar-refractivity contribution is -0.396. The molecule has 0 bridgehead atoms. The number of nitrogens with one attached hydrogen (secondary N) is 1. The fraction of sp³-hybridized carbons (Fsp3) is 0. The van der Waals surface area contributed by atoms with Gasteiger partial charge in [-0.3, -0.25) is 20.2 Å². The van der Waals surface area contributed by atoms with Crippen molar-refractivity contribution in [1.82, 2.24) is 4.98 Å². The van der Waals surface area contributed by atoms with Crippen molar-refractivity contribution >= 4 is 23.1 Å². The first-order valence-electron chi connectivity index (χ1n) is 4.82. The predicted molar refractivity (Wildman–Crippen MR) is 64.7 cm³/mol. The van der Waals surface area contributed by atoms with Crippen LogP contribution in [0, 0.1) is 20.2 Å². The highest BCUT2D eigenvalue weighted by molar-refractivity contribution is 7.99. The second kappa shape index (κ2) is 4.88. The molecule has 0 aliphatic rings. The van der Waals surface area contributed by atoms with E-state index < -0.39 is 9.85 Å². The number of nitro groups is 2. The molecule has 1 heterocycles. The maximum Gasteiger partial charge on any atom is 0.290 e. The van der Waals surface area contributed by atoms with Crippen LogP contribution in [0.4, 0.5) is 11.4 Å². The van der Waals surface area contributed by atoms with E-state index in [1.54, 1.807) is 18.3 Å². The summed E-state index contributed by atoms with van der Waals surface area (Å²) in [7, 11) is 0. The summed E-state index contributed by atoms with van der Waals surface area (Å²) in [6.07, 6.45) is 1.69. The molecule has 2 rings (SSSR count). The molecule has 0 saturated carbocycles. The van der Waals surface area contributed by atoms with Crippen LogP contribution in [-0.2, 0) is 0 Å². The number of rotatable bonds is 4. The highest BCUT2D eigenvalue weighted by Gasteiger charge is 2.20. The summed E-state index contributed by atoms with van der Waals surface area (Å²) in [5.74, 6) is 0. The van der Waals surface area contributed by atoms with Gasteiger partial charge in [0, 0.05) is 12.3 Å². The van der Waals surface area contributed by atoms with E-state index >= 15 is 0 Å². The van der Waals surface area contributed by atoms with Crippen molar-refractivity contribution < 1.29 is 9.85 Å². The van der Waals surface area contributed by atoms with E-state index in [4.69, 9.17) is 0 Å². The van der Waals surface area contributed by atoms with Crippen molar-refractivity contribution in [2.45, 2.75) is 9.92 Å². The van der Waals surface area contributed by atoms with Gasteiger partial charge >= 0.3 is 0 Å². The molecule has 1 aromatic heterocycles. The number of nitro benzene ring substituents is 2. The maximum absolute atomic E-state index is 10.9. The number of benzene rings is 1. The van der Waals surface area contributed by atoms with Gasteiger partial charge in [0.15, 0.2) is 0 Å². The third-order valence-corrected chi connectivity index (χ3v) is 3.18. The molecular weight excluding hydrogens is 258 g/mol. The van der Waals surface area contributed by atoms with Gasteiger partial charge in [-0.25, -0.2) is 0 Å². The van der Waals surface area contributed by atoms with Gasteiger partial charge in [-0.1, -0.05) is 11.8 Å². The molecule has 0 spiro atoms. The number of aromatic nitrogens is 1. The van der Waals surface area contributed by atoms with Crippen LogP contribution in [0.2, 0.25) is 0 Å². The Labute approximate surface area is 105 Å². The van der Waals surface area contributed by atoms with Crippen LogP contribution >= 0.6 is 11.8 Å². The van der Waals surface area contributed by atoms with Gasteiger partial charge in [0.2, 0.25) is 0 Å². The molecule has 7 nitrogen and oxygen atoms in total. The Morgan fingerprint density at radius 3 is 2.44 bits per heavy atom. The number of H-pyrrole nitrogens is 1. The minimum Gasteiger partial charge on any atom is -0.356 e. The van der Waals surface area contributed by atoms with Crippen LogP contribution in [-0.4, -0.2) is 14.8 Å². The van der Waals surface area contributed by atoms with E-state index in [1.165, 1.54) is 12.1 Å². The van der Waals surface area contributed by atoms with Gasteiger partial charge in [0.1, 0.15) is 0 Å². The van der Waals surface area contributed by atoms with Crippen LogP contribution in [0.1, 0.15) is 0 Å². The van der Waals surface area contributed by atoms with E-state index in [0.29, 0.717) is 4.90 Å². The molecule has 18 heavy (non-hydrogen) atoms. The summed E-state index contributed by atoms with van der Waals surface area (Å²) in [4.78, 5) is 23.4. The molecule has 0 radical (unpaired) electrons. The fourth-order valence-corrected chi connectivity index (χ4v) is 2.23. The van der Waals surface area contributed by atoms with E-state index in [1.807, 2.05) is 0 Å². The Morgan fingerprint density at radius 1 is 1.11 bits per heavy atom. The Balaban J connectivity index is 2.40. The van der Waals surface area contributed by atoms with Crippen molar-refractivity contribution in [3.8, 4) is 0 Å². The lowest BCUT2D eigenvalue weighted by Gasteiger charge is -2.01. The standard InChI is InChI=1S/C10H7N3O4S/c14-12(15)7-3-4-9(8(6-7)13(16)17)18-10-2-1-5-11-10/h1-6,11H. The second-order valence-electron chi connectivity index (χ2n) is 3.30. The number of nitrogens with zero attached hydrogens (tertiary/aromatic N) is 2. The van der Waals surface area contributed by atoms with Gasteiger partial charge in [-0.15, -0.1) is 0 Å². The minimum absolute atomic E-state index is 0.274. The zero-order valence-electron chi connectivity index (χ0n) is 8.90. The van der Waals surface area contributed by atoms with E-state index in [0.717, 1.165) is 22.9 Å². The van der Waals surface area contributed by atoms with Gasteiger partial charge < -0.3 is 4.98 Å². The van der Waals surface area contributed by atoms with Gasteiger partial charge in [-0.05, 0) is 18.2 Å². The van der Waals surface area contributed by atoms with Crippen molar-refractivity contribution in [3.63, 3.8) is 0 Å². The van der Waals surface area contributed by atoms with Crippen molar-refractivity contribution in [1.29, 1.82) is 0 Å². The first-order chi connectivity index (χ1) is 8.58. The average Bonchev–Trinajstić information content (AvgIpc) is 2.81. The Bertz CT molecular complexity index is 597. The zero-order valence-corrected chi connectivity index (χ0v) is 9.72. The third kappa shape index (κ3) is 2.48. The molecular formula is C10H7N3O4S. The highest BCUT2D eigenvalue weighted by atomic mass is 32.2. The predicted octanol–water partition coefficient (Wildman–Crippen LogP) is 2.98. The van der Waals surface area contributed by atoms with Crippen LogP contribution in [0.5, 0.6) is 0 Å². The molecule has 2 aromatic rings. The third-order valence-electron chi connectivity index (χ3n) is 2.14. The zero-order chi connectivity index (χ0) is 13.1. The number of hydrogen-bond acceptors (Lipinski definition) is 5. The molecule has 92 valence electrons. The average molecular weight is 265 g/mol. The Hall–Kier alpha value is -2.35. The Morgan fingerprint density at radius 2 is 1.89 bits per heavy atom. The molecule has 1 aromatic carbocycles. The molecule has 1 N–H and O–H groups in total. The van der Waals surface area contributed by atoms with E-state index in [-0.39, 0.29) is 11.4 Å². The van der Waals surface area contributed by atoms with Crippen LogP contribution in [0.25, 0.3) is 0 Å². The monoisotopic (exact) mass is 265 g/mol. The summed E-state index contributed by atoms with van der Waals surface area (Å²) in [6, 6.07) is 7.11. The first kappa shape index (κ1) is 12.1. The van der Waals surface area contributed by atoms with Gasteiger partial charge in [-0.2, -0.15) is 0 Å². The Kier molecular flexibility index (Phi) is 3.28. The lowest BCUT2D eigenvalue weighted by atomic mass is 10.3. The molecule has 0 unspecified atom stereocenters. The molecule has 0 saturated heterocycles. The van der Waals surface area contributed by atoms with Crippen LogP contribution in [0.15, 0.2) is 46.5 Å². The summed E-state index contributed by atoms with van der Waals surface area (Å²) in [5.41, 5.74) is -0.568. The largest absolute Gasteiger partial charge is 0.356 e. The smallest absolute Gasteiger partial charge is 0.290 e. The summed E-state index contributed by atoms with van der Waals surface area (Å²) < 4.78 is 0. The van der Waals surface area contributed by atoms with E-state index in [2.05, 4.69) is 4.98 Å². The minimum atomic E-state index is -0.657. The number of non-ortho nitro benzene ring substituents is 1. The molecule has 0 amide bonds. The maximum atomic E-state index is 10.9. The summed E-state index contributed by atoms with van der Waals surface area (Å²) in [6.45, 7) is 0. The normalized spacial score (nSPS) is 10.2. The van der Waals surface area contributed by atoms with Crippen molar-refractivity contribution in [2.24, 2.45) is 0 Å². The molecule has 0 fully saturated rings.